The second kappa shape index (κ2) is 11.7. The van der Waals surface area contributed by atoms with E-state index in [-0.39, 0.29) is 17.6 Å². The number of hydrogen-bond donors (Lipinski definition) is 2. The SMILES string of the molecule is COc1cc(Cl)c(C)cc1NC(=O)CSc1ccc(NC(=O)c2ccc(OC)c(OC)c2)cc1. The highest BCUT2D eigenvalue weighted by Crippen LogP contribution is 2.31. The number of carbonyl (C=O) groups excluding carboxylic acids is 2. The summed E-state index contributed by atoms with van der Waals surface area (Å²) in [6, 6.07) is 15.7. The molecule has 0 saturated heterocycles. The van der Waals surface area contributed by atoms with Crippen LogP contribution in [0.3, 0.4) is 0 Å². The van der Waals surface area contributed by atoms with E-state index in [2.05, 4.69) is 10.6 Å². The molecule has 3 aromatic carbocycles. The molecule has 9 heteroatoms. The van der Waals surface area contributed by atoms with Crippen LogP contribution in [0.5, 0.6) is 17.2 Å². The van der Waals surface area contributed by atoms with Gasteiger partial charge < -0.3 is 24.8 Å². The number of thioether (sulfide) groups is 1. The number of ether oxygens (including phenoxy) is 3. The number of nitrogens with one attached hydrogen (secondary N) is 2. The van der Waals surface area contributed by atoms with Gasteiger partial charge in [0, 0.05) is 27.2 Å². The van der Waals surface area contributed by atoms with Crippen molar-refractivity contribution in [2.45, 2.75) is 11.8 Å². The lowest BCUT2D eigenvalue weighted by atomic mass is 10.2. The van der Waals surface area contributed by atoms with Crippen LogP contribution in [0, 0.1) is 6.92 Å². The van der Waals surface area contributed by atoms with Crippen molar-refractivity contribution in [3.05, 3.63) is 70.7 Å². The molecule has 0 aliphatic heterocycles. The smallest absolute Gasteiger partial charge is 0.255 e. The number of anilines is 2. The first-order chi connectivity index (χ1) is 16.3. The van der Waals surface area contributed by atoms with Gasteiger partial charge >= 0.3 is 0 Å². The average molecular weight is 501 g/mol. The third kappa shape index (κ3) is 6.36. The van der Waals surface area contributed by atoms with Gasteiger partial charge in [0.2, 0.25) is 5.91 Å². The number of aryl methyl sites for hydroxylation is 1. The van der Waals surface area contributed by atoms with Gasteiger partial charge in [0.1, 0.15) is 5.75 Å². The topological polar surface area (TPSA) is 85.9 Å². The Morgan fingerprint density at radius 3 is 2.18 bits per heavy atom. The lowest BCUT2D eigenvalue weighted by Crippen LogP contribution is -2.15. The maximum atomic E-state index is 12.6. The standard InChI is InChI=1S/C25H25ClN2O5S/c1-15-11-20(22(32-3)13-19(15)26)28-24(29)14-34-18-8-6-17(7-9-18)27-25(30)16-5-10-21(31-2)23(12-16)33-4/h5-13H,14H2,1-4H3,(H,27,30)(H,28,29). The fourth-order valence-electron chi connectivity index (χ4n) is 3.08. The van der Waals surface area contributed by atoms with Gasteiger partial charge in [-0.2, -0.15) is 0 Å². The molecule has 3 rings (SSSR count). The third-order valence-corrected chi connectivity index (χ3v) is 6.30. The van der Waals surface area contributed by atoms with Crippen LogP contribution in [0.25, 0.3) is 0 Å². The monoisotopic (exact) mass is 500 g/mol. The summed E-state index contributed by atoms with van der Waals surface area (Å²) in [6.45, 7) is 1.86. The van der Waals surface area contributed by atoms with Gasteiger partial charge in [0.15, 0.2) is 11.5 Å². The number of rotatable bonds is 9. The largest absolute Gasteiger partial charge is 0.495 e. The minimum absolute atomic E-state index is 0.171. The first-order valence-corrected chi connectivity index (χ1v) is 11.6. The van der Waals surface area contributed by atoms with Crippen molar-refractivity contribution in [1.82, 2.24) is 0 Å². The molecule has 0 atom stereocenters. The van der Waals surface area contributed by atoms with E-state index >= 15 is 0 Å². The van der Waals surface area contributed by atoms with Crippen molar-refractivity contribution >= 4 is 46.6 Å². The number of hydrogen-bond acceptors (Lipinski definition) is 6. The van der Waals surface area contributed by atoms with Gasteiger partial charge in [-0.15, -0.1) is 11.8 Å². The van der Waals surface area contributed by atoms with Crippen LogP contribution >= 0.6 is 23.4 Å². The van der Waals surface area contributed by atoms with E-state index in [4.69, 9.17) is 25.8 Å². The van der Waals surface area contributed by atoms with E-state index < -0.39 is 0 Å². The van der Waals surface area contributed by atoms with E-state index in [1.807, 2.05) is 19.1 Å². The first-order valence-electron chi connectivity index (χ1n) is 10.2. The molecule has 0 saturated carbocycles. The van der Waals surface area contributed by atoms with Crippen molar-refractivity contribution in [2.24, 2.45) is 0 Å². The van der Waals surface area contributed by atoms with Gasteiger partial charge in [-0.3, -0.25) is 9.59 Å². The Balaban J connectivity index is 1.56. The molecule has 0 radical (unpaired) electrons. The third-order valence-electron chi connectivity index (χ3n) is 4.88. The molecule has 0 aliphatic rings. The Labute approximate surface area is 207 Å². The van der Waals surface area contributed by atoms with Gasteiger partial charge in [-0.1, -0.05) is 11.6 Å². The van der Waals surface area contributed by atoms with Crippen LogP contribution in [0.4, 0.5) is 11.4 Å². The fraction of sp³-hybridized carbons (Fsp3) is 0.200. The highest BCUT2D eigenvalue weighted by molar-refractivity contribution is 8.00. The predicted octanol–water partition coefficient (Wildman–Crippen LogP) is 5.66. The number of amides is 2. The summed E-state index contributed by atoms with van der Waals surface area (Å²) < 4.78 is 15.7. The zero-order valence-electron chi connectivity index (χ0n) is 19.2. The summed E-state index contributed by atoms with van der Waals surface area (Å²) >= 11 is 7.49. The zero-order valence-corrected chi connectivity index (χ0v) is 20.8. The highest BCUT2D eigenvalue weighted by atomic mass is 35.5. The molecular weight excluding hydrogens is 476 g/mol. The van der Waals surface area contributed by atoms with Gasteiger partial charge in [-0.25, -0.2) is 0 Å². The lowest BCUT2D eigenvalue weighted by molar-refractivity contribution is -0.113. The molecule has 0 unspecified atom stereocenters. The first kappa shape index (κ1) is 25.3. The van der Waals surface area contributed by atoms with Crippen LogP contribution in [-0.2, 0) is 4.79 Å². The molecule has 0 heterocycles. The second-order valence-electron chi connectivity index (χ2n) is 7.19. The minimum atomic E-state index is -0.270. The normalized spacial score (nSPS) is 10.4. The number of carbonyl (C=O) groups is 2. The average Bonchev–Trinajstić information content (AvgIpc) is 2.85. The van der Waals surface area contributed by atoms with Crippen molar-refractivity contribution < 1.29 is 23.8 Å². The summed E-state index contributed by atoms with van der Waals surface area (Å²) in [5.41, 5.74) is 2.50. The Bertz CT molecular complexity index is 1180. The molecule has 2 amide bonds. The zero-order chi connectivity index (χ0) is 24.7. The van der Waals surface area contributed by atoms with Crippen molar-refractivity contribution in [3.63, 3.8) is 0 Å². The molecular formula is C25H25ClN2O5S. The molecule has 178 valence electrons. The lowest BCUT2D eigenvalue weighted by Gasteiger charge is -2.12. The summed E-state index contributed by atoms with van der Waals surface area (Å²) in [4.78, 5) is 25.9. The summed E-state index contributed by atoms with van der Waals surface area (Å²) in [5.74, 6) is 1.30. The van der Waals surface area contributed by atoms with Crippen LogP contribution in [0.15, 0.2) is 59.5 Å². The van der Waals surface area contributed by atoms with Crippen LogP contribution in [0.1, 0.15) is 15.9 Å². The van der Waals surface area contributed by atoms with Crippen LogP contribution in [0.2, 0.25) is 5.02 Å². The number of benzene rings is 3. The Kier molecular flexibility index (Phi) is 8.67. The van der Waals surface area contributed by atoms with E-state index in [0.29, 0.717) is 39.2 Å². The molecule has 0 spiro atoms. The van der Waals surface area contributed by atoms with Crippen molar-refractivity contribution in [3.8, 4) is 17.2 Å². The highest BCUT2D eigenvalue weighted by Gasteiger charge is 2.13. The summed E-state index contributed by atoms with van der Waals surface area (Å²) in [6.07, 6.45) is 0. The predicted molar refractivity (Wildman–Crippen MR) is 136 cm³/mol. The molecule has 3 aromatic rings. The van der Waals surface area contributed by atoms with Crippen molar-refractivity contribution in [1.29, 1.82) is 0 Å². The Morgan fingerprint density at radius 1 is 0.853 bits per heavy atom. The molecule has 34 heavy (non-hydrogen) atoms. The summed E-state index contributed by atoms with van der Waals surface area (Å²) in [5, 5.41) is 6.27. The fourth-order valence-corrected chi connectivity index (χ4v) is 3.93. The molecule has 0 aromatic heterocycles. The Morgan fingerprint density at radius 2 is 1.53 bits per heavy atom. The molecule has 2 N–H and O–H groups in total. The number of halogens is 1. The van der Waals surface area contributed by atoms with Gasteiger partial charge in [0.25, 0.3) is 5.91 Å². The van der Waals surface area contributed by atoms with E-state index in [9.17, 15) is 9.59 Å². The molecule has 0 aliphatic carbocycles. The minimum Gasteiger partial charge on any atom is -0.495 e. The molecule has 7 nitrogen and oxygen atoms in total. The van der Waals surface area contributed by atoms with Crippen molar-refractivity contribution in [2.75, 3.05) is 37.7 Å². The maximum Gasteiger partial charge on any atom is 0.255 e. The van der Waals surface area contributed by atoms with E-state index in [1.165, 1.54) is 33.1 Å². The van der Waals surface area contributed by atoms with E-state index in [0.717, 1.165) is 10.5 Å². The van der Waals surface area contributed by atoms with Crippen LogP contribution < -0.4 is 24.8 Å². The Hall–Kier alpha value is -3.36. The molecule has 0 bridgehead atoms. The summed E-state index contributed by atoms with van der Waals surface area (Å²) in [7, 11) is 4.58. The van der Waals surface area contributed by atoms with E-state index in [1.54, 1.807) is 42.5 Å². The number of methoxy groups -OCH3 is 3. The van der Waals surface area contributed by atoms with Gasteiger partial charge in [-0.05, 0) is 61.0 Å². The van der Waals surface area contributed by atoms with Gasteiger partial charge in [0.05, 0.1) is 32.8 Å². The van der Waals surface area contributed by atoms with Crippen LogP contribution in [-0.4, -0.2) is 38.9 Å². The quantitative estimate of drug-likeness (QED) is 0.369. The second-order valence-corrected chi connectivity index (χ2v) is 8.64. The maximum absolute atomic E-state index is 12.6. The molecule has 0 fully saturated rings.